The zero-order chi connectivity index (χ0) is 23.2. The van der Waals surface area contributed by atoms with Crippen LogP contribution in [0, 0.1) is 0 Å². The number of methoxy groups -OCH3 is 2. The summed E-state index contributed by atoms with van der Waals surface area (Å²) in [6.07, 6.45) is 1.37. The van der Waals surface area contributed by atoms with Gasteiger partial charge in [0.15, 0.2) is 11.5 Å². The lowest BCUT2D eigenvalue weighted by Gasteiger charge is -2.12. The Kier molecular flexibility index (Phi) is 6.36. The number of aromatic nitrogens is 3. The fourth-order valence-electron chi connectivity index (χ4n) is 3.36. The number of aromatic carboxylic acids is 1. The van der Waals surface area contributed by atoms with Gasteiger partial charge >= 0.3 is 5.97 Å². The van der Waals surface area contributed by atoms with Gasteiger partial charge in [-0.15, -0.1) is 10.2 Å². The zero-order valence-electron chi connectivity index (χ0n) is 18.0. The smallest absolute Gasteiger partial charge is 0.340 e. The molecule has 164 valence electrons. The summed E-state index contributed by atoms with van der Waals surface area (Å²) in [4.78, 5) is 20.8. The maximum Gasteiger partial charge on any atom is 0.340 e. The van der Waals surface area contributed by atoms with Crippen molar-refractivity contribution >= 4 is 18.1 Å². The molecule has 0 atom stereocenters. The second-order valence-electron chi connectivity index (χ2n) is 6.87. The predicted octanol–water partition coefficient (Wildman–Crippen LogP) is 4.67. The lowest BCUT2D eigenvalue weighted by molar-refractivity contribution is 0.0692. The molecule has 0 saturated heterocycles. The van der Waals surface area contributed by atoms with E-state index in [9.17, 15) is 9.90 Å². The number of hydrogen-bond acceptors (Lipinski definition) is 7. The SMILES string of the molecule is COc1ccc(/C=N/c2nnc(-c3ccccc3)c(-c3ccccc3)n2)c(C(=O)O)c1OC. The van der Waals surface area contributed by atoms with E-state index in [-0.39, 0.29) is 17.3 Å². The molecule has 0 spiro atoms. The molecule has 1 N–H and O–H groups in total. The highest BCUT2D eigenvalue weighted by atomic mass is 16.5. The molecule has 4 aromatic rings. The van der Waals surface area contributed by atoms with Crippen molar-refractivity contribution in [2.45, 2.75) is 0 Å². The quantitative estimate of drug-likeness (QED) is 0.416. The van der Waals surface area contributed by atoms with Gasteiger partial charge in [0.2, 0.25) is 0 Å². The third kappa shape index (κ3) is 4.54. The number of carboxylic acid groups (broad SMARTS) is 1. The van der Waals surface area contributed by atoms with Gasteiger partial charge in [0.25, 0.3) is 5.95 Å². The third-order valence-electron chi connectivity index (χ3n) is 4.88. The summed E-state index contributed by atoms with van der Waals surface area (Å²) in [5.74, 6) is -0.656. The van der Waals surface area contributed by atoms with Gasteiger partial charge in [-0.3, -0.25) is 0 Å². The van der Waals surface area contributed by atoms with Crippen molar-refractivity contribution in [3.05, 3.63) is 83.9 Å². The molecule has 0 aliphatic rings. The lowest BCUT2D eigenvalue weighted by atomic mass is 10.0. The molecule has 0 aliphatic carbocycles. The Bertz CT molecular complexity index is 1310. The van der Waals surface area contributed by atoms with Crippen molar-refractivity contribution in [2.24, 2.45) is 4.99 Å². The number of carbonyl (C=O) groups is 1. The Morgan fingerprint density at radius 1 is 0.848 bits per heavy atom. The van der Waals surface area contributed by atoms with Gasteiger partial charge < -0.3 is 14.6 Å². The van der Waals surface area contributed by atoms with E-state index in [0.717, 1.165) is 11.1 Å². The molecule has 3 aromatic carbocycles. The van der Waals surface area contributed by atoms with E-state index >= 15 is 0 Å². The molecule has 0 amide bonds. The highest BCUT2D eigenvalue weighted by molar-refractivity contribution is 6.02. The fraction of sp³-hybridized carbons (Fsp3) is 0.0800. The molecule has 8 heteroatoms. The summed E-state index contributed by atoms with van der Waals surface area (Å²) in [7, 11) is 2.82. The number of carboxylic acids is 1. The number of hydrogen-bond donors (Lipinski definition) is 1. The van der Waals surface area contributed by atoms with Crippen molar-refractivity contribution in [1.29, 1.82) is 0 Å². The lowest BCUT2D eigenvalue weighted by Crippen LogP contribution is -2.07. The second-order valence-corrected chi connectivity index (χ2v) is 6.87. The molecule has 1 heterocycles. The minimum absolute atomic E-state index is 0.0715. The van der Waals surface area contributed by atoms with Gasteiger partial charge in [0, 0.05) is 22.9 Å². The minimum Gasteiger partial charge on any atom is -0.493 e. The van der Waals surface area contributed by atoms with E-state index in [4.69, 9.17) is 9.47 Å². The molecule has 0 unspecified atom stereocenters. The first kappa shape index (κ1) is 21.6. The summed E-state index contributed by atoms with van der Waals surface area (Å²) < 4.78 is 10.4. The fourth-order valence-corrected chi connectivity index (χ4v) is 3.36. The summed E-state index contributed by atoms with van der Waals surface area (Å²) >= 11 is 0. The molecular weight excluding hydrogens is 420 g/mol. The van der Waals surface area contributed by atoms with Crippen LogP contribution >= 0.6 is 0 Å². The van der Waals surface area contributed by atoms with Crippen LogP contribution in [0.15, 0.2) is 77.8 Å². The number of aliphatic imine (C=N–C) groups is 1. The van der Waals surface area contributed by atoms with E-state index in [0.29, 0.717) is 22.7 Å². The molecular formula is C25H20N4O4. The van der Waals surface area contributed by atoms with Crippen molar-refractivity contribution in [1.82, 2.24) is 15.2 Å². The molecule has 0 radical (unpaired) electrons. The number of ether oxygens (including phenoxy) is 2. The van der Waals surface area contributed by atoms with Crippen LogP contribution in [0.4, 0.5) is 5.95 Å². The Hall–Kier alpha value is -4.59. The normalized spacial score (nSPS) is 10.8. The van der Waals surface area contributed by atoms with Crippen LogP contribution < -0.4 is 9.47 Å². The Labute approximate surface area is 190 Å². The van der Waals surface area contributed by atoms with Gasteiger partial charge in [0.1, 0.15) is 17.0 Å². The summed E-state index contributed by atoms with van der Waals surface area (Å²) in [5, 5.41) is 18.2. The van der Waals surface area contributed by atoms with E-state index in [1.807, 2.05) is 60.7 Å². The first-order valence-corrected chi connectivity index (χ1v) is 10.00. The van der Waals surface area contributed by atoms with Gasteiger partial charge in [0.05, 0.1) is 14.2 Å². The van der Waals surface area contributed by atoms with Crippen LogP contribution in [-0.4, -0.2) is 46.7 Å². The number of benzene rings is 3. The molecule has 0 fully saturated rings. The summed E-state index contributed by atoms with van der Waals surface area (Å²) in [5.41, 5.74) is 3.22. The van der Waals surface area contributed by atoms with Crippen molar-refractivity contribution in [3.8, 4) is 34.0 Å². The minimum atomic E-state index is -1.17. The molecule has 8 nitrogen and oxygen atoms in total. The first-order valence-electron chi connectivity index (χ1n) is 10.00. The standard InChI is InChI=1S/C25H20N4O4/c1-32-19-14-13-18(20(24(30)31)23(19)33-2)15-26-25-27-21(16-9-5-3-6-10-16)22(28-29-25)17-11-7-4-8-12-17/h3-15H,1-2H3,(H,30,31)/b26-15+. The van der Waals surface area contributed by atoms with Gasteiger partial charge in [-0.2, -0.15) is 0 Å². The molecule has 4 rings (SSSR count). The maximum absolute atomic E-state index is 11.9. The van der Waals surface area contributed by atoms with Crippen LogP contribution in [0.5, 0.6) is 11.5 Å². The van der Waals surface area contributed by atoms with Crippen molar-refractivity contribution in [3.63, 3.8) is 0 Å². The van der Waals surface area contributed by atoms with E-state index in [1.165, 1.54) is 20.4 Å². The molecule has 33 heavy (non-hydrogen) atoms. The van der Waals surface area contributed by atoms with Crippen LogP contribution in [-0.2, 0) is 0 Å². The maximum atomic E-state index is 11.9. The van der Waals surface area contributed by atoms with Gasteiger partial charge in [-0.25, -0.2) is 14.8 Å². The van der Waals surface area contributed by atoms with E-state index in [2.05, 4.69) is 20.2 Å². The average Bonchev–Trinajstić information content (AvgIpc) is 2.87. The van der Waals surface area contributed by atoms with Crippen molar-refractivity contribution < 1.29 is 19.4 Å². The van der Waals surface area contributed by atoms with E-state index in [1.54, 1.807) is 12.1 Å². The third-order valence-corrected chi connectivity index (χ3v) is 4.88. The Balaban J connectivity index is 1.80. The Morgan fingerprint density at radius 3 is 2.06 bits per heavy atom. The second kappa shape index (κ2) is 9.69. The molecule has 1 aromatic heterocycles. The van der Waals surface area contributed by atoms with Gasteiger partial charge in [-0.1, -0.05) is 60.7 Å². The van der Waals surface area contributed by atoms with Crippen LogP contribution in [0.3, 0.4) is 0 Å². The number of rotatable bonds is 7. The van der Waals surface area contributed by atoms with Crippen LogP contribution in [0.1, 0.15) is 15.9 Å². The zero-order valence-corrected chi connectivity index (χ0v) is 18.0. The van der Waals surface area contributed by atoms with Crippen molar-refractivity contribution in [2.75, 3.05) is 14.2 Å². The average molecular weight is 440 g/mol. The highest BCUT2D eigenvalue weighted by Crippen LogP contribution is 2.33. The predicted molar refractivity (Wildman–Crippen MR) is 124 cm³/mol. The topological polar surface area (TPSA) is 107 Å². The van der Waals surface area contributed by atoms with Crippen LogP contribution in [0.2, 0.25) is 0 Å². The molecule has 0 saturated carbocycles. The number of nitrogens with zero attached hydrogens (tertiary/aromatic N) is 4. The summed E-state index contributed by atoms with van der Waals surface area (Å²) in [6.45, 7) is 0. The highest BCUT2D eigenvalue weighted by Gasteiger charge is 2.20. The molecule has 0 aliphatic heterocycles. The monoisotopic (exact) mass is 440 g/mol. The molecule has 0 bridgehead atoms. The van der Waals surface area contributed by atoms with Gasteiger partial charge in [-0.05, 0) is 12.1 Å². The van der Waals surface area contributed by atoms with Crippen LogP contribution in [0.25, 0.3) is 22.5 Å². The largest absolute Gasteiger partial charge is 0.493 e. The van der Waals surface area contributed by atoms with E-state index < -0.39 is 5.97 Å². The first-order chi connectivity index (χ1) is 16.1. The summed E-state index contributed by atoms with van der Waals surface area (Å²) in [6, 6.07) is 22.4. The Morgan fingerprint density at radius 2 is 1.48 bits per heavy atom.